The summed E-state index contributed by atoms with van der Waals surface area (Å²) in [6, 6.07) is 11.8. The van der Waals surface area contributed by atoms with Gasteiger partial charge >= 0.3 is 0 Å². The van der Waals surface area contributed by atoms with E-state index in [0.29, 0.717) is 17.5 Å². The third kappa shape index (κ3) is 3.23. The number of carbonyl (C=O) groups excluding carboxylic acids is 1. The van der Waals surface area contributed by atoms with E-state index in [1.165, 1.54) is 43.5 Å². The van der Waals surface area contributed by atoms with E-state index in [4.69, 9.17) is 5.10 Å². The number of nitrogens with zero attached hydrogens (tertiary/aromatic N) is 3. The Morgan fingerprint density at radius 3 is 2.52 bits per heavy atom. The Kier molecular flexibility index (Phi) is 3.77. The monoisotopic (exact) mass is 362 g/mol. The number of benzene rings is 1. The predicted octanol–water partition coefficient (Wildman–Crippen LogP) is 4.41. The van der Waals surface area contributed by atoms with Crippen molar-refractivity contribution >= 4 is 11.6 Å². The van der Waals surface area contributed by atoms with Crippen LogP contribution < -0.4 is 5.32 Å². The molecule has 5 nitrogen and oxygen atoms in total. The molecule has 2 aliphatic rings. The predicted molar refractivity (Wildman–Crippen MR) is 99.7 cm³/mol. The standard InChI is InChI=1S/C21H19FN4O/c22-17-4-2-1-3-16(17)21(27)24-15-9-10-20(23-12-15)26-19(14-7-8-14)11-18(25-26)13-5-6-13/h1-4,9-14H,5-8H2,(H,24,27). The molecule has 2 heterocycles. The van der Waals surface area contributed by atoms with Crippen LogP contribution in [0.25, 0.3) is 5.82 Å². The van der Waals surface area contributed by atoms with Gasteiger partial charge in [0.25, 0.3) is 5.91 Å². The number of hydrogen-bond donors (Lipinski definition) is 1. The molecule has 0 unspecified atom stereocenters. The minimum Gasteiger partial charge on any atom is -0.320 e. The molecule has 2 fully saturated rings. The first-order chi connectivity index (χ1) is 13.2. The highest BCUT2D eigenvalue weighted by Crippen LogP contribution is 2.45. The highest BCUT2D eigenvalue weighted by Gasteiger charge is 2.33. The Balaban J connectivity index is 1.38. The quantitative estimate of drug-likeness (QED) is 0.731. The van der Waals surface area contributed by atoms with Crippen molar-refractivity contribution in [3.05, 3.63) is 71.4 Å². The number of amides is 1. The lowest BCUT2D eigenvalue weighted by Crippen LogP contribution is -2.14. The minimum atomic E-state index is -0.544. The van der Waals surface area contributed by atoms with Gasteiger partial charge in [0.2, 0.25) is 0 Å². The van der Waals surface area contributed by atoms with Crippen molar-refractivity contribution in [2.75, 3.05) is 5.32 Å². The van der Waals surface area contributed by atoms with Crippen LogP contribution in [-0.2, 0) is 0 Å². The normalized spacial score (nSPS) is 16.3. The fraction of sp³-hybridized carbons (Fsp3) is 0.286. The molecular weight excluding hydrogens is 343 g/mol. The second kappa shape index (κ2) is 6.30. The van der Waals surface area contributed by atoms with Crippen LogP contribution in [0.5, 0.6) is 0 Å². The number of anilines is 1. The molecule has 0 saturated heterocycles. The lowest BCUT2D eigenvalue weighted by atomic mass is 10.2. The average molecular weight is 362 g/mol. The van der Waals surface area contributed by atoms with Crippen LogP contribution in [0, 0.1) is 5.82 Å². The van der Waals surface area contributed by atoms with Crippen molar-refractivity contribution in [3.8, 4) is 5.82 Å². The van der Waals surface area contributed by atoms with E-state index in [9.17, 15) is 9.18 Å². The van der Waals surface area contributed by atoms with Gasteiger partial charge in [-0.3, -0.25) is 4.79 Å². The topological polar surface area (TPSA) is 59.8 Å². The van der Waals surface area contributed by atoms with Gasteiger partial charge in [0.05, 0.1) is 23.1 Å². The zero-order valence-corrected chi connectivity index (χ0v) is 14.7. The molecule has 2 aromatic heterocycles. The van der Waals surface area contributed by atoms with Gasteiger partial charge < -0.3 is 5.32 Å². The summed E-state index contributed by atoms with van der Waals surface area (Å²) >= 11 is 0. The van der Waals surface area contributed by atoms with Crippen molar-refractivity contribution in [3.63, 3.8) is 0 Å². The fourth-order valence-corrected chi connectivity index (χ4v) is 3.28. The summed E-state index contributed by atoms with van der Waals surface area (Å²) < 4.78 is 15.7. The van der Waals surface area contributed by atoms with Crippen molar-refractivity contribution in [1.29, 1.82) is 0 Å². The number of carbonyl (C=O) groups is 1. The third-order valence-electron chi connectivity index (χ3n) is 5.09. The maximum absolute atomic E-state index is 13.7. The largest absolute Gasteiger partial charge is 0.320 e. The summed E-state index contributed by atoms with van der Waals surface area (Å²) in [6.07, 6.45) is 6.42. The smallest absolute Gasteiger partial charge is 0.258 e. The Hall–Kier alpha value is -3.02. The van der Waals surface area contributed by atoms with Gasteiger partial charge in [-0.05, 0) is 56.0 Å². The molecule has 1 N–H and O–H groups in total. The zero-order valence-electron chi connectivity index (χ0n) is 14.7. The summed E-state index contributed by atoms with van der Waals surface area (Å²) in [5, 5.41) is 7.46. The molecule has 2 aliphatic carbocycles. The lowest BCUT2D eigenvalue weighted by molar-refractivity contribution is 0.102. The molecule has 136 valence electrons. The highest BCUT2D eigenvalue weighted by atomic mass is 19.1. The molecule has 27 heavy (non-hydrogen) atoms. The van der Waals surface area contributed by atoms with Gasteiger partial charge in [0.15, 0.2) is 5.82 Å². The van der Waals surface area contributed by atoms with Crippen LogP contribution in [-0.4, -0.2) is 20.7 Å². The fourth-order valence-electron chi connectivity index (χ4n) is 3.28. The Bertz CT molecular complexity index is 1000. The SMILES string of the molecule is O=C(Nc1ccc(-n2nc(C3CC3)cc2C2CC2)nc1)c1ccccc1F. The van der Waals surface area contributed by atoms with Gasteiger partial charge in [-0.25, -0.2) is 14.1 Å². The maximum Gasteiger partial charge on any atom is 0.258 e. The van der Waals surface area contributed by atoms with Gasteiger partial charge in [-0.2, -0.15) is 5.10 Å². The lowest BCUT2D eigenvalue weighted by Gasteiger charge is -2.08. The molecule has 0 radical (unpaired) electrons. The van der Waals surface area contributed by atoms with Gasteiger partial charge in [-0.1, -0.05) is 12.1 Å². The van der Waals surface area contributed by atoms with Gasteiger partial charge in [0.1, 0.15) is 5.82 Å². The van der Waals surface area contributed by atoms with E-state index in [1.807, 2.05) is 10.7 Å². The Labute approximate surface area is 156 Å². The second-order valence-corrected chi connectivity index (χ2v) is 7.29. The molecule has 5 rings (SSSR count). The number of aromatic nitrogens is 3. The summed E-state index contributed by atoms with van der Waals surface area (Å²) in [7, 11) is 0. The van der Waals surface area contributed by atoms with Crippen LogP contribution >= 0.6 is 0 Å². The molecule has 2 saturated carbocycles. The molecule has 1 amide bonds. The summed E-state index contributed by atoms with van der Waals surface area (Å²) in [6.45, 7) is 0. The first kappa shape index (κ1) is 16.2. The average Bonchev–Trinajstić information content (AvgIpc) is 3.61. The molecule has 0 atom stereocenters. The van der Waals surface area contributed by atoms with Crippen molar-refractivity contribution in [2.24, 2.45) is 0 Å². The Morgan fingerprint density at radius 2 is 1.85 bits per heavy atom. The van der Waals surface area contributed by atoms with Gasteiger partial charge in [0, 0.05) is 17.5 Å². The van der Waals surface area contributed by atoms with Crippen LogP contribution in [0.15, 0.2) is 48.7 Å². The van der Waals surface area contributed by atoms with Crippen molar-refractivity contribution < 1.29 is 9.18 Å². The van der Waals surface area contributed by atoms with E-state index in [0.717, 1.165) is 11.5 Å². The summed E-state index contributed by atoms with van der Waals surface area (Å²) in [5.41, 5.74) is 2.93. The number of rotatable bonds is 5. The van der Waals surface area contributed by atoms with Crippen molar-refractivity contribution in [1.82, 2.24) is 14.8 Å². The van der Waals surface area contributed by atoms with Crippen molar-refractivity contribution in [2.45, 2.75) is 37.5 Å². The maximum atomic E-state index is 13.7. The van der Waals surface area contributed by atoms with Crippen LogP contribution in [0.2, 0.25) is 0 Å². The Morgan fingerprint density at radius 1 is 1.07 bits per heavy atom. The molecule has 6 heteroatoms. The minimum absolute atomic E-state index is 0.0127. The molecule has 1 aromatic carbocycles. The summed E-state index contributed by atoms with van der Waals surface area (Å²) in [4.78, 5) is 16.7. The zero-order chi connectivity index (χ0) is 18.4. The summed E-state index contributed by atoms with van der Waals surface area (Å²) in [5.74, 6) is 0.886. The molecule has 3 aromatic rings. The second-order valence-electron chi connectivity index (χ2n) is 7.29. The molecular formula is C21H19FN4O. The van der Waals surface area contributed by atoms with E-state index in [2.05, 4.69) is 16.4 Å². The van der Waals surface area contributed by atoms with Crippen LogP contribution in [0.1, 0.15) is 59.3 Å². The van der Waals surface area contributed by atoms with E-state index < -0.39 is 11.7 Å². The number of nitrogens with one attached hydrogen (secondary N) is 1. The molecule has 0 spiro atoms. The van der Waals surface area contributed by atoms with E-state index >= 15 is 0 Å². The highest BCUT2D eigenvalue weighted by molar-refractivity contribution is 6.04. The van der Waals surface area contributed by atoms with E-state index in [1.54, 1.807) is 24.4 Å². The van der Waals surface area contributed by atoms with E-state index in [-0.39, 0.29) is 5.56 Å². The number of pyridine rings is 1. The molecule has 0 bridgehead atoms. The third-order valence-corrected chi connectivity index (χ3v) is 5.09. The first-order valence-corrected chi connectivity index (χ1v) is 9.31. The molecule has 0 aliphatic heterocycles. The number of hydrogen-bond acceptors (Lipinski definition) is 3. The van der Waals surface area contributed by atoms with Crippen LogP contribution in [0.3, 0.4) is 0 Å². The first-order valence-electron chi connectivity index (χ1n) is 9.31. The van der Waals surface area contributed by atoms with Gasteiger partial charge in [-0.15, -0.1) is 0 Å². The van der Waals surface area contributed by atoms with Crippen LogP contribution in [0.4, 0.5) is 10.1 Å². The number of halogens is 1.